The number of carbonyl (C=O) groups is 2. The number of carbonyl (C=O) groups excluding carboxylic acids is 1. The Kier molecular flexibility index (Phi) is 5.01. The third-order valence-electron chi connectivity index (χ3n) is 3.79. The molecule has 1 N–H and O–H groups in total. The summed E-state index contributed by atoms with van der Waals surface area (Å²) < 4.78 is 1.04. The van der Waals surface area contributed by atoms with Crippen LogP contribution in [0.15, 0.2) is 30.4 Å². The second-order valence-corrected chi connectivity index (χ2v) is 6.89. The zero-order valence-corrected chi connectivity index (χ0v) is 14.4. The Hall–Kier alpha value is -2.12. The number of benzene rings is 1. The highest BCUT2D eigenvalue weighted by Crippen LogP contribution is 2.31. The molecular formula is C16H16ClN3O3S. The van der Waals surface area contributed by atoms with Crippen LogP contribution in [0.4, 0.5) is 5.13 Å². The molecule has 126 valence electrons. The number of hydrogen-bond donors (Lipinski definition) is 1. The molecule has 0 saturated carbocycles. The van der Waals surface area contributed by atoms with E-state index in [1.54, 1.807) is 16.2 Å². The van der Waals surface area contributed by atoms with E-state index in [9.17, 15) is 9.59 Å². The van der Waals surface area contributed by atoms with Gasteiger partial charge in [0.25, 0.3) is 0 Å². The number of amides is 1. The number of thiazole rings is 1. The van der Waals surface area contributed by atoms with Gasteiger partial charge in [0.1, 0.15) is 0 Å². The fourth-order valence-corrected chi connectivity index (χ4v) is 3.89. The lowest BCUT2D eigenvalue weighted by molar-refractivity contribution is -0.132. The molecule has 8 heteroatoms. The average molecular weight is 366 g/mol. The van der Waals surface area contributed by atoms with E-state index < -0.39 is 5.97 Å². The van der Waals surface area contributed by atoms with Gasteiger partial charge in [-0.25, -0.2) is 9.78 Å². The number of nitrogens with zero attached hydrogens (tertiary/aromatic N) is 3. The molecule has 2 aromatic rings. The van der Waals surface area contributed by atoms with Crippen molar-refractivity contribution < 1.29 is 14.7 Å². The first-order chi connectivity index (χ1) is 11.5. The van der Waals surface area contributed by atoms with E-state index in [0.29, 0.717) is 24.7 Å². The molecule has 2 heterocycles. The molecule has 1 aliphatic rings. The first-order valence-electron chi connectivity index (χ1n) is 7.54. The number of fused-ring (bicyclic) bond motifs is 1. The van der Waals surface area contributed by atoms with E-state index in [1.807, 2.05) is 18.2 Å². The molecule has 1 aromatic heterocycles. The van der Waals surface area contributed by atoms with Crippen molar-refractivity contribution in [1.82, 2.24) is 9.88 Å². The maximum Gasteiger partial charge on any atom is 0.328 e. The Labute approximate surface area is 148 Å². The third-order valence-corrected chi connectivity index (χ3v) is 5.10. The highest BCUT2D eigenvalue weighted by Gasteiger charge is 2.20. The Morgan fingerprint density at radius 1 is 1.21 bits per heavy atom. The second-order valence-electron chi connectivity index (χ2n) is 5.45. The second kappa shape index (κ2) is 7.19. The summed E-state index contributed by atoms with van der Waals surface area (Å²) in [7, 11) is 0. The molecule has 1 amide bonds. The summed E-state index contributed by atoms with van der Waals surface area (Å²) in [6, 6.07) is 5.63. The lowest BCUT2D eigenvalue weighted by Crippen LogP contribution is -2.34. The Morgan fingerprint density at radius 3 is 2.83 bits per heavy atom. The molecule has 24 heavy (non-hydrogen) atoms. The molecule has 0 unspecified atom stereocenters. The molecule has 0 spiro atoms. The predicted octanol–water partition coefficient (Wildman–Crippen LogP) is 2.63. The monoisotopic (exact) mass is 365 g/mol. The third kappa shape index (κ3) is 3.85. The van der Waals surface area contributed by atoms with Gasteiger partial charge in [-0.15, -0.1) is 0 Å². The van der Waals surface area contributed by atoms with Gasteiger partial charge in [0, 0.05) is 43.4 Å². The standard InChI is InChI=1S/C16H16ClN3O3S/c17-11-2-3-12-13(10-11)24-16(18-12)20-7-1-6-19(8-9-20)14(21)4-5-15(22)23/h2-5,10H,1,6-9H2,(H,22,23). The average Bonchev–Trinajstić information content (AvgIpc) is 2.80. The summed E-state index contributed by atoms with van der Waals surface area (Å²) in [6.07, 6.45) is 2.79. The predicted molar refractivity (Wildman–Crippen MR) is 94.8 cm³/mol. The van der Waals surface area contributed by atoms with Gasteiger partial charge in [-0.2, -0.15) is 0 Å². The molecule has 1 aliphatic heterocycles. The lowest BCUT2D eigenvalue weighted by atomic mass is 10.3. The van der Waals surface area contributed by atoms with Crippen LogP contribution in [-0.4, -0.2) is 53.0 Å². The van der Waals surface area contributed by atoms with Gasteiger partial charge in [-0.3, -0.25) is 4.79 Å². The zero-order valence-electron chi connectivity index (χ0n) is 12.8. The Balaban J connectivity index is 1.70. The van der Waals surface area contributed by atoms with Crippen molar-refractivity contribution in [3.05, 3.63) is 35.4 Å². The number of rotatable bonds is 3. The minimum atomic E-state index is -1.12. The first-order valence-corrected chi connectivity index (χ1v) is 8.73. The number of anilines is 1. The first kappa shape index (κ1) is 16.7. The van der Waals surface area contributed by atoms with E-state index >= 15 is 0 Å². The molecule has 1 aromatic carbocycles. The van der Waals surface area contributed by atoms with Crippen LogP contribution in [0.1, 0.15) is 6.42 Å². The molecule has 6 nitrogen and oxygen atoms in total. The van der Waals surface area contributed by atoms with Crippen LogP contribution >= 0.6 is 22.9 Å². The normalized spacial score (nSPS) is 15.9. The van der Waals surface area contributed by atoms with Gasteiger partial charge >= 0.3 is 5.97 Å². The van der Waals surface area contributed by atoms with E-state index in [2.05, 4.69) is 9.88 Å². The lowest BCUT2D eigenvalue weighted by Gasteiger charge is -2.20. The number of hydrogen-bond acceptors (Lipinski definition) is 5. The van der Waals surface area contributed by atoms with E-state index in [-0.39, 0.29) is 5.91 Å². The summed E-state index contributed by atoms with van der Waals surface area (Å²) in [5.41, 5.74) is 0.918. The maximum atomic E-state index is 12.0. The van der Waals surface area contributed by atoms with Crippen LogP contribution in [0.25, 0.3) is 10.2 Å². The minimum Gasteiger partial charge on any atom is -0.478 e. The van der Waals surface area contributed by atoms with Crippen LogP contribution < -0.4 is 4.90 Å². The Morgan fingerprint density at radius 2 is 2.04 bits per heavy atom. The minimum absolute atomic E-state index is 0.268. The largest absolute Gasteiger partial charge is 0.478 e. The van der Waals surface area contributed by atoms with Crippen LogP contribution in [0.3, 0.4) is 0 Å². The fourth-order valence-electron chi connectivity index (χ4n) is 2.60. The molecular weight excluding hydrogens is 350 g/mol. The van der Waals surface area contributed by atoms with Gasteiger partial charge in [0.2, 0.25) is 5.91 Å². The van der Waals surface area contributed by atoms with Crippen molar-refractivity contribution in [2.75, 3.05) is 31.1 Å². The number of halogens is 1. The number of aliphatic carboxylic acids is 1. The van der Waals surface area contributed by atoms with Crippen molar-refractivity contribution in [2.45, 2.75) is 6.42 Å². The van der Waals surface area contributed by atoms with Crippen molar-refractivity contribution in [3.63, 3.8) is 0 Å². The number of aromatic nitrogens is 1. The van der Waals surface area contributed by atoms with E-state index in [0.717, 1.165) is 40.5 Å². The summed E-state index contributed by atoms with van der Waals surface area (Å²) >= 11 is 7.60. The molecule has 1 saturated heterocycles. The summed E-state index contributed by atoms with van der Waals surface area (Å²) in [4.78, 5) is 31.0. The van der Waals surface area contributed by atoms with Gasteiger partial charge in [0.15, 0.2) is 5.13 Å². The summed E-state index contributed by atoms with van der Waals surface area (Å²) in [6.45, 7) is 2.62. The van der Waals surface area contributed by atoms with Crippen molar-refractivity contribution in [2.24, 2.45) is 0 Å². The van der Waals surface area contributed by atoms with Gasteiger partial charge in [0.05, 0.1) is 10.2 Å². The van der Waals surface area contributed by atoms with Crippen molar-refractivity contribution in [1.29, 1.82) is 0 Å². The van der Waals surface area contributed by atoms with Gasteiger partial charge < -0.3 is 14.9 Å². The van der Waals surface area contributed by atoms with E-state index in [1.165, 1.54) is 0 Å². The molecule has 3 rings (SSSR count). The molecule has 0 aliphatic carbocycles. The van der Waals surface area contributed by atoms with Crippen LogP contribution in [-0.2, 0) is 9.59 Å². The summed E-state index contributed by atoms with van der Waals surface area (Å²) in [5.74, 6) is -1.39. The topological polar surface area (TPSA) is 73.7 Å². The van der Waals surface area contributed by atoms with Gasteiger partial charge in [-0.05, 0) is 24.6 Å². The smallest absolute Gasteiger partial charge is 0.328 e. The molecule has 0 bridgehead atoms. The quantitative estimate of drug-likeness (QED) is 0.846. The van der Waals surface area contributed by atoms with Gasteiger partial charge in [-0.1, -0.05) is 22.9 Å². The number of carboxylic acids is 1. The van der Waals surface area contributed by atoms with Crippen molar-refractivity contribution in [3.8, 4) is 0 Å². The Bertz CT molecular complexity index is 805. The molecule has 1 fully saturated rings. The highest BCUT2D eigenvalue weighted by atomic mass is 35.5. The van der Waals surface area contributed by atoms with E-state index in [4.69, 9.17) is 16.7 Å². The molecule has 0 radical (unpaired) electrons. The zero-order chi connectivity index (χ0) is 17.1. The van der Waals surface area contributed by atoms with Crippen LogP contribution in [0, 0.1) is 0 Å². The molecule has 0 atom stereocenters. The highest BCUT2D eigenvalue weighted by molar-refractivity contribution is 7.22. The SMILES string of the molecule is O=C(O)C=CC(=O)N1CCCN(c2nc3ccc(Cl)cc3s2)CC1. The maximum absolute atomic E-state index is 12.0. The number of carboxylic acid groups (broad SMARTS) is 1. The van der Waals surface area contributed by atoms with Crippen LogP contribution in [0.2, 0.25) is 5.02 Å². The van der Waals surface area contributed by atoms with Crippen LogP contribution in [0.5, 0.6) is 0 Å². The van der Waals surface area contributed by atoms with Crippen molar-refractivity contribution >= 4 is 50.2 Å². The fraction of sp³-hybridized carbons (Fsp3) is 0.312. The summed E-state index contributed by atoms with van der Waals surface area (Å²) in [5, 5.41) is 10.2.